The molecular formula is C7H11ClN2O3S. The summed E-state index contributed by atoms with van der Waals surface area (Å²) >= 11 is 1.20. The molecule has 1 aromatic heterocycles. The fourth-order valence-corrected chi connectivity index (χ4v) is 1.77. The predicted molar refractivity (Wildman–Crippen MR) is 55.7 cm³/mol. The van der Waals surface area contributed by atoms with E-state index in [1.807, 2.05) is 6.92 Å². The lowest BCUT2D eigenvalue weighted by Gasteiger charge is -2.02. The number of carboxylic acid groups (broad SMARTS) is 1. The first-order valence-electron chi connectivity index (χ1n) is 3.72. The van der Waals surface area contributed by atoms with E-state index in [9.17, 15) is 9.90 Å². The normalized spacial score (nSPS) is 11.9. The summed E-state index contributed by atoms with van der Waals surface area (Å²) in [7, 11) is 0. The van der Waals surface area contributed by atoms with Gasteiger partial charge in [-0.25, -0.2) is 9.78 Å². The van der Waals surface area contributed by atoms with Crippen LogP contribution >= 0.6 is 23.7 Å². The van der Waals surface area contributed by atoms with Crippen LogP contribution in [-0.2, 0) is 11.2 Å². The van der Waals surface area contributed by atoms with Crippen LogP contribution in [0.3, 0.4) is 0 Å². The largest absolute Gasteiger partial charge is 0.479 e. The van der Waals surface area contributed by atoms with E-state index in [0.717, 1.165) is 0 Å². The van der Waals surface area contributed by atoms with Gasteiger partial charge in [0.15, 0.2) is 11.2 Å². The number of aliphatic carboxylic acids is 1. The second-order valence-electron chi connectivity index (χ2n) is 2.45. The van der Waals surface area contributed by atoms with Gasteiger partial charge >= 0.3 is 5.97 Å². The Kier molecular flexibility index (Phi) is 4.82. The van der Waals surface area contributed by atoms with Gasteiger partial charge in [-0.05, 0) is 6.42 Å². The van der Waals surface area contributed by atoms with Gasteiger partial charge < -0.3 is 15.9 Å². The molecule has 0 aliphatic heterocycles. The fourth-order valence-electron chi connectivity index (χ4n) is 0.966. The molecule has 0 bridgehead atoms. The number of aryl methyl sites for hydroxylation is 1. The van der Waals surface area contributed by atoms with Crippen molar-refractivity contribution >= 4 is 34.8 Å². The molecule has 0 aliphatic carbocycles. The first-order chi connectivity index (χ1) is 6.06. The molecule has 0 radical (unpaired) electrons. The number of hydrogen-bond donors (Lipinski definition) is 3. The van der Waals surface area contributed by atoms with E-state index in [0.29, 0.717) is 11.3 Å². The first kappa shape index (κ1) is 13.2. The molecule has 0 saturated heterocycles. The number of anilines is 1. The monoisotopic (exact) mass is 238 g/mol. The summed E-state index contributed by atoms with van der Waals surface area (Å²) in [5.74, 6) is -1.31. The zero-order valence-corrected chi connectivity index (χ0v) is 9.06. The van der Waals surface area contributed by atoms with Crippen molar-refractivity contribution in [3.8, 4) is 0 Å². The zero-order valence-electron chi connectivity index (χ0n) is 7.43. The maximum atomic E-state index is 10.5. The predicted octanol–water partition coefficient (Wildman–Crippen LogP) is 0.828. The Morgan fingerprint density at radius 2 is 2.29 bits per heavy atom. The van der Waals surface area contributed by atoms with Crippen molar-refractivity contribution in [3.05, 3.63) is 10.6 Å². The number of thiazole rings is 1. The molecule has 5 nitrogen and oxygen atoms in total. The van der Waals surface area contributed by atoms with Gasteiger partial charge in [0.05, 0.1) is 5.69 Å². The van der Waals surface area contributed by atoms with E-state index in [4.69, 9.17) is 10.8 Å². The van der Waals surface area contributed by atoms with Gasteiger partial charge in [-0.1, -0.05) is 6.92 Å². The average molecular weight is 239 g/mol. The Morgan fingerprint density at radius 3 is 2.71 bits per heavy atom. The zero-order chi connectivity index (χ0) is 10.0. The molecule has 7 heteroatoms. The molecule has 1 heterocycles. The third-order valence-corrected chi connectivity index (χ3v) is 2.60. The summed E-state index contributed by atoms with van der Waals surface area (Å²) in [5.41, 5.74) is 5.56. The van der Waals surface area contributed by atoms with Crippen LogP contribution in [0, 0.1) is 0 Å². The van der Waals surface area contributed by atoms with Crippen molar-refractivity contribution in [2.45, 2.75) is 19.4 Å². The van der Waals surface area contributed by atoms with Crippen LogP contribution in [0.2, 0.25) is 0 Å². The number of halogens is 1. The standard InChI is InChI=1S/C7H10N2O3S.ClH/c1-2-3-4(5(10)6(11)12)9-7(8)13-3;/h5,10H,2H2,1H3,(H2,8,9)(H,11,12);1H. The molecule has 0 aliphatic rings. The third-order valence-electron chi connectivity index (χ3n) is 1.56. The summed E-state index contributed by atoms with van der Waals surface area (Å²) in [6.45, 7) is 1.85. The maximum absolute atomic E-state index is 10.5. The molecule has 1 atom stereocenters. The highest BCUT2D eigenvalue weighted by Gasteiger charge is 2.22. The van der Waals surface area contributed by atoms with Crippen LogP contribution in [0.15, 0.2) is 0 Å². The number of nitrogens with two attached hydrogens (primary N) is 1. The van der Waals surface area contributed by atoms with Crippen LogP contribution in [0.1, 0.15) is 23.6 Å². The molecule has 0 aromatic carbocycles. The summed E-state index contributed by atoms with van der Waals surface area (Å²) in [5, 5.41) is 18.0. The van der Waals surface area contributed by atoms with Crippen LogP contribution < -0.4 is 5.73 Å². The summed E-state index contributed by atoms with van der Waals surface area (Å²) in [6, 6.07) is 0. The van der Waals surface area contributed by atoms with Crippen LogP contribution in [0.4, 0.5) is 5.13 Å². The maximum Gasteiger partial charge on any atom is 0.338 e. The van der Waals surface area contributed by atoms with E-state index in [-0.39, 0.29) is 23.2 Å². The Bertz CT molecular complexity index is 329. The molecule has 80 valence electrons. The van der Waals surface area contributed by atoms with E-state index >= 15 is 0 Å². The first-order valence-corrected chi connectivity index (χ1v) is 4.53. The average Bonchev–Trinajstić information content (AvgIpc) is 2.45. The van der Waals surface area contributed by atoms with Crippen molar-refractivity contribution in [2.24, 2.45) is 0 Å². The Labute approximate surface area is 91.0 Å². The van der Waals surface area contributed by atoms with Crippen LogP contribution in [0.5, 0.6) is 0 Å². The molecule has 1 aromatic rings. The number of aliphatic hydroxyl groups is 1. The van der Waals surface area contributed by atoms with Crippen molar-refractivity contribution in [3.63, 3.8) is 0 Å². The van der Waals surface area contributed by atoms with Crippen molar-refractivity contribution in [2.75, 3.05) is 5.73 Å². The number of nitrogen functional groups attached to an aromatic ring is 1. The minimum absolute atomic E-state index is 0. The van der Waals surface area contributed by atoms with Crippen molar-refractivity contribution in [1.29, 1.82) is 0 Å². The smallest absolute Gasteiger partial charge is 0.338 e. The molecule has 1 rings (SSSR count). The lowest BCUT2D eigenvalue weighted by molar-refractivity contribution is -0.147. The van der Waals surface area contributed by atoms with Gasteiger partial charge in [0.2, 0.25) is 0 Å². The van der Waals surface area contributed by atoms with E-state index in [2.05, 4.69) is 4.98 Å². The number of nitrogens with zero attached hydrogens (tertiary/aromatic N) is 1. The van der Waals surface area contributed by atoms with Crippen molar-refractivity contribution in [1.82, 2.24) is 4.98 Å². The molecule has 0 saturated carbocycles. The molecule has 0 fully saturated rings. The quantitative estimate of drug-likeness (QED) is 0.725. The van der Waals surface area contributed by atoms with Crippen LogP contribution in [0.25, 0.3) is 0 Å². The van der Waals surface area contributed by atoms with Gasteiger partial charge in [-0.3, -0.25) is 0 Å². The van der Waals surface area contributed by atoms with Gasteiger partial charge in [0, 0.05) is 4.88 Å². The number of rotatable bonds is 3. The van der Waals surface area contributed by atoms with Gasteiger partial charge in [0.1, 0.15) is 0 Å². The Hall–Kier alpha value is -0.850. The van der Waals surface area contributed by atoms with Gasteiger partial charge in [-0.15, -0.1) is 23.7 Å². The Balaban J connectivity index is 0.00000169. The molecule has 4 N–H and O–H groups in total. The number of carbonyl (C=O) groups is 1. The van der Waals surface area contributed by atoms with Crippen LogP contribution in [-0.4, -0.2) is 21.2 Å². The molecule has 0 amide bonds. The second-order valence-corrected chi connectivity index (χ2v) is 3.57. The SMILES string of the molecule is CCc1sc(N)nc1C(O)C(=O)O.Cl. The number of aromatic nitrogens is 1. The topological polar surface area (TPSA) is 96.4 Å². The van der Waals surface area contributed by atoms with E-state index in [1.165, 1.54) is 11.3 Å². The van der Waals surface area contributed by atoms with Gasteiger partial charge in [-0.2, -0.15) is 0 Å². The second kappa shape index (κ2) is 5.14. The third kappa shape index (κ3) is 2.57. The summed E-state index contributed by atoms with van der Waals surface area (Å²) < 4.78 is 0. The highest BCUT2D eigenvalue weighted by Crippen LogP contribution is 2.26. The molecule has 0 spiro atoms. The van der Waals surface area contributed by atoms with Crippen molar-refractivity contribution < 1.29 is 15.0 Å². The number of carboxylic acids is 1. The lowest BCUT2D eigenvalue weighted by atomic mass is 10.2. The minimum Gasteiger partial charge on any atom is -0.479 e. The van der Waals surface area contributed by atoms with Gasteiger partial charge in [0.25, 0.3) is 0 Å². The number of hydrogen-bond acceptors (Lipinski definition) is 5. The molecule has 14 heavy (non-hydrogen) atoms. The molecular weight excluding hydrogens is 228 g/mol. The lowest BCUT2D eigenvalue weighted by Crippen LogP contribution is -2.12. The molecule has 1 unspecified atom stereocenters. The summed E-state index contributed by atoms with van der Waals surface area (Å²) in [4.78, 5) is 14.9. The van der Waals surface area contributed by atoms with E-state index in [1.54, 1.807) is 0 Å². The fraction of sp³-hybridized carbons (Fsp3) is 0.429. The van der Waals surface area contributed by atoms with E-state index < -0.39 is 12.1 Å². The number of aliphatic hydroxyl groups excluding tert-OH is 1. The highest BCUT2D eigenvalue weighted by molar-refractivity contribution is 7.15. The Morgan fingerprint density at radius 1 is 1.71 bits per heavy atom. The minimum atomic E-state index is -1.57. The highest BCUT2D eigenvalue weighted by atomic mass is 35.5. The summed E-state index contributed by atoms with van der Waals surface area (Å²) in [6.07, 6.45) is -0.947.